The van der Waals surface area contributed by atoms with Crippen molar-refractivity contribution in [3.8, 4) is 0 Å². The third-order valence-electron chi connectivity index (χ3n) is 5.15. The number of benzene rings is 1. The van der Waals surface area contributed by atoms with Gasteiger partial charge in [0.2, 0.25) is 5.91 Å². The fraction of sp³-hybridized carbons (Fsp3) is 0.286. The van der Waals surface area contributed by atoms with Gasteiger partial charge in [-0.3, -0.25) is 9.69 Å². The van der Waals surface area contributed by atoms with Crippen molar-refractivity contribution in [1.29, 1.82) is 0 Å². The minimum absolute atomic E-state index is 0.0235. The first-order valence-electron chi connectivity index (χ1n) is 9.09. The summed E-state index contributed by atoms with van der Waals surface area (Å²) in [5.41, 5.74) is 2.12. The average Bonchev–Trinajstić information content (AvgIpc) is 3.35. The molecule has 1 aliphatic heterocycles. The standard InChI is InChI=1S/C21H22FN3OS/c1-15-18-4-2-10-24(18)11-12-25(15)14-20(26)23-21(19-5-3-13-27-19)16-6-8-17(22)9-7-16/h2-10,13,15,21H,11-12,14H2,1H3,(H,23,26). The maximum atomic E-state index is 13.3. The molecule has 0 saturated carbocycles. The van der Waals surface area contributed by atoms with Gasteiger partial charge in [0.25, 0.3) is 0 Å². The quantitative estimate of drug-likeness (QED) is 0.724. The second kappa shape index (κ2) is 7.66. The van der Waals surface area contributed by atoms with Gasteiger partial charge in [0, 0.05) is 35.9 Å². The minimum Gasteiger partial charge on any atom is -0.349 e. The lowest BCUT2D eigenvalue weighted by Crippen LogP contribution is -2.44. The Morgan fingerprint density at radius 2 is 2.04 bits per heavy atom. The van der Waals surface area contributed by atoms with Crippen molar-refractivity contribution in [3.63, 3.8) is 0 Å². The molecule has 0 fully saturated rings. The second-order valence-corrected chi connectivity index (χ2v) is 7.82. The average molecular weight is 383 g/mol. The van der Waals surface area contributed by atoms with E-state index in [0.29, 0.717) is 6.54 Å². The molecule has 1 aromatic carbocycles. The predicted molar refractivity (Wildman–Crippen MR) is 105 cm³/mol. The van der Waals surface area contributed by atoms with Crippen LogP contribution in [0.5, 0.6) is 0 Å². The molecular weight excluding hydrogens is 361 g/mol. The summed E-state index contributed by atoms with van der Waals surface area (Å²) in [6, 6.07) is 14.4. The summed E-state index contributed by atoms with van der Waals surface area (Å²) < 4.78 is 15.6. The highest BCUT2D eigenvalue weighted by molar-refractivity contribution is 7.10. The maximum Gasteiger partial charge on any atom is 0.234 e. The van der Waals surface area contributed by atoms with E-state index in [1.54, 1.807) is 23.5 Å². The molecule has 4 nitrogen and oxygen atoms in total. The number of amides is 1. The van der Waals surface area contributed by atoms with E-state index in [2.05, 4.69) is 40.0 Å². The normalized spacial score (nSPS) is 18.1. The van der Waals surface area contributed by atoms with E-state index >= 15 is 0 Å². The molecule has 4 rings (SSSR count). The number of rotatable bonds is 5. The van der Waals surface area contributed by atoms with E-state index in [1.165, 1.54) is 17.8 Å². The van der Waals surface area contributed by atoms with Crippen LogP contribution in [0.15, 0.2) is 60.1 Å². The first-order chi connectivity index (χ1) is 13.1. The van der Waals surface area contributed by atoms with Crippen LogP contribution in [0.3, 0.4) is 0 Å². The molecule has 0 aliphatic carbocycles. The number of hydrogen-bond donors (Lipinski definition) is 1. The highest BCUT2D eigenvalue weighted by Crippen LogP contribution is 2.27. The van der Waals surface area contributed by atoms with Crippen LogP contribution in [0.2, 0.25) is 0 Å². The molecule has 3 heterocycles. The van der Waals surface area contributed by atoms with Crippen LogP contribution >= 0.6 is 11.3 Å². The van der Waals surface area contributed by atoms with E-state index in [1.807, 2.05) is 17.5 Å². The van der Waals surface area contributed by atoms with Gasteiger partial charge in [0.15, 0.2) is 0 Å². The Bertz CT molecular complexity index is 904. The number of thiophene rings is 1. The fourth-order valence-electron chi connectivity index (χ4n) is 3.66. The highest BCUT2D eigenvalue weighted by Gasteiger charge is 2.26. The number of nitrogens with one attached hydrogen (secondary N) is 1. The van der Waals surface area contributed by atoms with Gasteiger partial charge in [-0.1, -0.05) is 18.2 Å². The second-order valence-electron chi connectivity index (χ2n) is 6.84. The largest absolute Gasteiger partial charge is 0.349 e. The Labute approximate surface area is 162 Å². The number of nitrogens with zero attached hydrogens (tertiary/aromatic N) is 2. The van der Waals surface area contributed by atoms with Crippen molar-refractivity contribution in [3.05, 3.63) is 82.1 Å². The van der Waals surface area contributed by atoms with Crippen LogP contribution < -0.4 is 5.32 Å². The van der Waals surface area contributed by atoms with Gasteiger partial charge in [-0.15, -0.1) is 11.3 Å². The number of fused-ring (bicyclic) bond motifs is 1. The lowest BCUT2D eigenvalue weighted by atomic mass is 10.1. The molecule has 2 atom stereocenters. The molecule has 2 unspecified atom stereocenters. The highest BCUT2D eigenvalue weighted by atomic mass is 32.1. The van der Waals surface area contributed by atoms with E-state index in [4.69, 9.17) is 0 Å². The monoisotopic (exact) mass is 383 g/mol. The van der Waals surface area contributed by atoms with Gasteiger partial charge < -0.3 is 9.88 Å². The Morgan fingerprint density at radius 1 is 1.22 bits per heavy atom. The molecule has 140 valence electrons. The van der Waals surface area contributed by atoms with Crippen molar-refractivity contribution >= 4 is 17.2 Å². The third-order valence-corrected chi connectivity index (χ3v) is 6.09. The number of halogens is 1. The summed E-state index contributed by atoms with van der Waals surface area (Å²) in [7, 11) is 0. The lowest BCUT2D eigenvalue weighted by molar-refractivity contribution is -0.123. The van der Waals surface area contributed by atoms with Gasteiger partial charge in [0.1, 0.15) is 5.82 Å². The Balaban J connectivity index is 1.48. The molecule has 0 radical (unpaired) electrons. The summed E-state index contributed by atoms with van der Waals surface area (Å²) in [6.07, 6.45) is 2.09. The maximum absolute atomic E-state index is 13.3. The molecular formula is C21H22FN3OS. The number of carbonyl (C=O) groups is 1. The van der Waals surface area contributed by atoms with Crippen molar-refractivity contribution < 1.29 is 9.18 Å². The van der Waals surface area contributed by atoms with Crippen LogP contribution in [-0.4, -0.2) is 28.5 Å². The van der Waals surface area contributed by atoms with Gasteiger partial charge in [-0.25, -0.2) is 4.39 Å². The number of carbonyl (C=O) groups excluding carboxylic acids is 1. The zero-order chi connectivity index (χ0) is 18.8. The molecule has 3 aromatic rings. The summed E-state index contributed by atoms with van der Waals surface area (Å²) in [6.45, 7) is 4.22. The molecule has 1 N–H and O–H groups in total. The zero-order valence-electron chi connectivity index (χ0n) is 15.1. The molecule has 0 saturated heterocycles. The summed E-state index contributed by atoms with van der Waals surface area (Å²) >= 11 is 1.59. The summed E-state index contributed by atoms with van der Waals surface area (Å²) in [5.74, 6) is -0.301. The Morgan fingerprint density at radius 3 is 2.78 bits per heavy atom. The van der Waals surface area contributed by atoms with Crippen LogP contribution in [0.25, 0.3) is 0 Å². The SMILES string of the molecule is CC1c2cccn2CCN1CC(=O)NC(c1ccc(F)cc1)c1cccs1. The smallest absolute Gasteiger partial charge is 0.234 e. The van der Waals surface area contributed by atoms with Gasteiger partial charge >= 0.3 is 0 Å². The fourth-order valence-corrected chi connectivity index (χ4v) is 4.47. The Hall–Kier alpha value is -2.44. The van der Waals surface area contributed by atoms with Crippen LogP contribution in [0.4, 0.5) is 4.39 Å². The molecule has 0 spiro atoms. The van der Waals surface area contributed by atoms with Gasteiger partial charge in [0.05, 0.1) is 12.6 Å². The van der Waals surface area contributed by atoms with Crippen molar-refractivity contribution in [2.24, 2.45) is 0 Å². The first-order valence-corrected chi connectivity index (χ1v) is 9.97. The number of aromatic nitrogens is 1. The van der Waals surface area contributed by atoms with E-state index in [-0.39, 0.29) is 23.8 Å². The molecule has 2 aromatic heterocycles. The molecule has 1 aliphatic rings. The van der Waals surface area contributed by atoms with Crippen LogP contribution in [0, 0.1) is 5.82 Å². The van der Waals surface area contributed by atoms with E-state index in [0.717, 1.165) is 23.5 Å². The first kappa shape index (κ1) is 17.9. The van der Waals surface area contributed by atoms with Crippen LogP contribution in [-0.2, 0) is 11.3 Å². The third kappa shape index (κ3) is 3.82. The van der Waals surface area contributed by atoms with Crippen LogP contribution in [0.1, 0.15) is 35.1 Å². The van der Waals surface area contributed by atoms with Crippen molar-refractivity contribution in [2.75, 3.05) is 13.1 Å². The predicted octanol–water partition coefficient (Wildman–Crippen LogP) is 3.97. The van der Waals surface area contributed by atoms with Gasteiger partial charge in [-0.05, 0) is 48.2 Å². The van der Waals surface area contributed by atoms with E-state index in [9.17, 15) is 9.18 Å². The molecule has 0 bridgehead atoms. The van der Waals surface area contributed by atoms with Crippen molar-refractivity contribution in [1.82, 2.24) is 14.8 Å². The summed E-state index contributed by atoms with van der Waals surface area (Å²) in [4.78, 5) is 16.1. The topological polar surface area (TPSA) is 37.3 Å². The minimum atomic E-state index is -0.278. The zero-order valence-corrected chi connectivity index (χ0v) is 16.0. The molecule has 1 amide bonds. The van der Waals surface area contributed by atoms with Gasteiger partial charge in [-0.2, -0.15) is 0 Å². The Kier molecular flexibility index (Phi) is 5.09. The summed E-state index contributed by atoms with van der Waals surface area (Å²) in [5, 5.41) is 5.13. The van der Waals surface area contributed by atoms with Crippen molar-refractivity contribution in [2.45, 2.75) is 25.6 Å². The molecule has 27 heavy (non-hydrogen) atoms. The number of hydrogen-bond acceptors (Lipinski definition) is 3. The van der Waals surface area contributed by atoms with E-state index < -0.39 is 0 Å². The molecule has 6 heteroatoms. The lowest BCUT2D eigenvalue weighted by Gasteiger charge is -2.34.